The second-order valence-corrected chi connectivity index (χ2v) is 5.27. The smallest absolute Gasteiger partial charge is 0.255 e. The minimum atomic E-state index is -0.123. The van der Waals surface area contributed by atoms with Crippen molar-refractivity contribution in [3.8, 4) is 0 Å². The maximum Gasteiger partial charge on any atom is 0.255 e. The van der Waals surface area contributed by atoms with Crippen molar-refractivity contribution in [2.45, 2.75) is 6.42 Å². The number of amides is 1. The third-order valence-corrected chi connectivity index (χ3v) is 3.49. The molecule has 0 fully saturated rings. The van der Waals surface area contributed by atoms with Crippen LogP contribution in [0.2, 0.25) is 10.0 Å². The van der Waals surface area contributed by atoms with Gasteiger partial charge >= 0.3 is 0 Å². The van der Waals surface area contributed by atoms with Gasteiger partial charge < -0.3 is 4.90 Å². The molecule has 0 atom stereocenters. The lowest BCUT2D eigenvalue weighted by atomic mass is 10.2. The van der Waals surface area contributed by atoms with E-state index in [1.165, 1.54) is 0 Å². The lowest BCUT2D eigenvalue weighted by Gasteiger charge is -2.17. The van der Waals surface area contributed by atoms with Gasteiger partial charge in [-0.15, -0.1) is 0 Å². The van der Waals surface area contributed by atoms with Crippen molar-refractivity contribution < 1.29 is 4.79 Å². The number of likely N-dealkylation sites (N-methyl/N-ethyl adjacent to an activating group) is 1. The Morgan fingerprint density at radius 2 is 2.05 bits per heavy atom. The molecule has 5 heteroatoms. The largest absolute Gasteiger partial charge is 0.341 e. The Bertz CT molecular complexity index is 602. The molecule has 0 spiro atoms. The van der Waals surface area contributed by atoms with Gasteiger partial charge in [-0.1, -0.05) is 29.3 Å². The molecule has 1 aromatic carbocycles. The van der Waals surface area contributed by atoms with Gasteiger partial charge in [0, 0.05) is 36.9 Å². The molecule has 1 heterocycles. The minimum Gasteiger partial charge on any atom is -0.341 e. The Morgan fingerprint density at radius 1 is 1.25 bits per heavy atom. The lowest BCUT2D eigenvalue weighted by Crippen LogP contribution is -2.29. The van der Waals surface area contributed by atoms with Gasteiger partial charge in [-0.3, -0.25) is 9.78 Å². The molecule has 0 radical (unpaired) electrons. The normalized spacial score (nSPS) is 10.3. The molecule has 0 aliphatic carbocycles. The molecule has 20 heavy (non-hydrogen) atoms. The highest BCUT2D eigenvalue weighted by atomic mass is 35.5. The first-order valence-corrected chi connectivity index (χ1v) is 6.94. The van der Waals surface area contributed by atoms with Crippen LogP contribution in [-0.4, -0.2) is 29.4 Å². The van der Waals surface area contributed by atoms with Crippen molar-refractivity contribution in [3.63, 3.8) is 0 Å². The van der Waals surface area contributed by atoms with Gasteiger partial charge in [0.1, 0.15) is 0 Å². The van der Waals surface area contributed by atoms with E-state index in [-0.39, 0.29) is 5.91 Å². The predicted molar refractivity (Wildman–Crippen MR) is 81.4 cm³/mol. The topological polar surface area (TPSA) is 33.2 Å². The zero-order valence-electron chi connectivity index (χ0n) is 11.0. The number of hydrogen-bond donors (Lipinski definition) is 0. The first kappa shape index (κ1) is 14.8. The van der Waals surface area contributed by atoms with Gasteiger partial charge in [0.25, 0.3) is 5.91 Å². The molecule has 0 bridgehead atoms. The van der Waals surface area contributed by atoms with Crippen LogP contribution in [0.5, 0.6) is 0 Å². The van der Waals surface area contributed by atoms with Gasteiger partial charge in [0.2, 0.25) is 0 Å². The number of halogens is 2. The first-order valence-electron chi connectivity index (χ1n) is 6.18. The van der Waals surface area contributed by atoms with Crippen LogP contribution >= 0.6 is 23.2 Å². The zero-order valence-corrected chi connectivity index (χ0v) is 12.5. The summed E-state index contributed by atoms with van der Waals surface area (Å²) >= 11 is 11.9. The number of rotatable bonds is 4. The monoisotopic (exact) mass is 308 g/mol. The standard InChI is InChI=1S/C15H14Cl2N2O/c1-19(9-7-12-4-2-3-8-18-12)15(20)13-6-5-11(16)10-14(13)17/h2-6,8,10H,7,9H2,1H3. The Kier molecular flexibility index (Phi) is 4.99. The van der Waals surface area contributed by atoms with Crippen LogP contribution in [0.25, 0.3) is 0 Å². The van der Waals surface area contributed by atoms with Gasteiger partial charge in [-0.05, 0) is 30.3 Å². The van der Waals surface area contributed by atoms with Crippen LogP contribution < -0.4 is 0 Å². The van der Waals surface area contributed by atoms with Crippen LogP contribution in [-0.2, 0) is 6.42 Å². The molecular weight excluding hydrogens is 295 g/mol. The van der Waals surface area contributed by atoms with E-state index < -0.39 is 0 Å². The Hall–Kier alpha value is -1.58. The van der Waals surface area contributed by atoms with E-state index in [9.17, 15) is 4.79 Å². The molecule has 3 nitrogen and oxygen atoms in total. The quantitative estimate of drug-likeness (QED) is 0.863. The summed E-state index contributed by atoms with van der Waals surface area (Å²) in [5.41, 5.74) is 1.41. The van der Waals surface area contributed by atoms with Crippen LogP contribution in [0.4, 0.5) is 0 Å². The van der Waals surface area contributed by atoms with E-state index >= 15 is 0 Å². The number of pyridine rings is 1. The second kappa shape index (κ2) is 6.73. The number of carbonyl (C=O) groups is 1. The summed E-state index contributed by atoms with van der Waals surface area (Å²) in [7, 11) is 1.75. The summed E-state index contributed by atoms with van der Waals surface area (Å²) in [5, 5.41) is 0.884. The van der Waals surface area contributed by atoms with Crippen molar-refractivity contribution in [1.82, 2.24) is 9.88 Å². The molecule has 1 amide bonds. The lowest BCUT2D eigenvalue weighted by molar-refractivity contribution is 0.0796. The Morgan fingerprint density at radius 3 is 2.70 bits per heavy atom. The number of nitrogens with zero attached hydrogens (tertiary/aromatic N) is 2. The first-order chi connectivity index (χ1) is 9.58. The fourth-order valence-electron chi connectivity index (χ4n) is 1.80. The van der Waals surface area contributed by atoms with E-state index in [1.807, 2.05) is 18.2 Å². The molecular formula is C15H14Cl2N2O. The van der Waals surface area contributed by atoms with Crippen molar-refractivity contribution in [1.29, 1.82) is 0 Å². The maximum atomic E-state index is 12.3. The maximum absolute atomic E-state index is 12.3. The molecule has 0 saturated carbocycles. The molecule has 2 rings (SSSR count). The van der Waals surface area contributed by atoms with Crippen LogP contribution in [0.3, 0.4) is 0 Å². The molecule has 0 aliphatic heterocycles. The molecule has 1 aromatic heterocycles. The van der Waals surface area contributed by atoms with E-state index in [1.54, 1.807) is 36.3 Å². The summed E-state index contributed by atoms with van der Waals surface area (Å²) in [6.07, 6.45) is 2.45. The third-order valence-electron chi connectivity index (χ3n) is 2.94. The average Bonchev–Trinajstić information content (AvgIpc) is 2.45. The fraction of sp³-hybridized carbons (Fsp3) is 0.200. The molecule has 2 aromatic rings. The molecule has 0 N–H and O–H groups in total. The van der Waals surface area contributed by atoms with Crippen molar-refractivity contribution in [2.75, 3.05) is 13.6 Å². The van der Waals surface area contributed by atoms with Crippen molar-refractivity contribution >= 4 is 29.1 Å². The molecule has 0 unspecified atom stereocenters. The van der Waals surface area contributed by atoms with Crippen LogP contribution in [0, 0.1) is 0 Å². The van der Waals surface area contributed by atoms with Crippen LogP contribution in [0.1, 0.15) is 16.1 Å². The average molecular weight is 309 g/mol. The van der Waals surface area contributed by atoms with Gasteiger partial charge in [-0.25, -0.2) is 0 Å². The summed E-state index contributed by atoms with van der Waals surface area (Å²) in [6.45, 7) is 0.578. The highest BCUT2D eigenvalue weighted by Crippen LogP contribution is 2.22. The Labute approximate surface area is 128 Å². The summed E-state index contributed by atoms with van der Waals surface area (Å²) < 4.78 is 0. The van der Waals surface area contributed by atoms with Crippen molar-refractivity contribution in [3.05, 3.63) is 63.9 Å². The van der Waals surface area contributed by atoms with E-state index in [0.717, 1.165) is 5.69 Å². The molecule has 104 valence electrons. The third kappa shape index (κ3) is 3.71. The number of aromatic nitrogens is 1. The zero-order chi connectivity index (χ0) is 14.5. The summed E-state index contributed by atoms with van der Waals surface area (Å²) in [6, 6.07) is 10.6. The predicted octanol–water partition coefficient (Wildman–Crippen LogP) is 3.70. The minimum absolute atomic E-state index is 0.123. The van der Waals surface area contributed by atoms with Gasteiger partial charge in [0.15, 0.2) is 0 Å². The van der Waals surface area contributed by atoms with E-state index in [4.69, 9.17) is 23.2 Å². The SMILES string of the molecule is CN(CCc1ccccn1)C(=O)c1ccc(Cl)cc1Cl. The highest BCUT2D eigenvalue weighted by molar-refractivity contribution is 6.36. The number of hydrogen-bond acceptors (Lipinski definition) is 2. The summed E-state index contributed by atoms with van der Waals surface area (Å²) in [5.74, 6) is -0.123. The van der Waals surface area contributed by atoms with E-state index in [2.05, 4.69) is 4.98 Å². The second-order valence-electron chi connectivity index (χ2n) is 4.42. The summed E-state index contributed by atoms with van der Waals surface area (Å²) in [4.78, 5) is 18.1. The number of benzene rings is 1. The highest BCUT2D eigenvalue weighted by Gasteiger charge is 2.15. The van der Waals surface area contributed by atoms with E-state index in [0.29, 0.717) is 28.6 Å². The van der Waals surface area contributed by atoms with Gasteiger partial charge in [0.05, 0.1) is 10.6 Å². The molecule has 0 saturated heterocycles. The Balaban J connectivity index is 2.01. The van der Waals surface area contributed by atoms with Crippen molar-refractivity contribution in [2.24, 2.45) is 0 Å². The van der Waals surface area contributed by atoms with Gasteiger partial charge in [-0.2, -0.15) is 0 Å². The number of carbonyl (C=O) groups excluding carboxylic acids is 1. The molecule has 0 aliphatic rings. The fourth-order valence-corrected chi connectivity index (χ4v) is 2.29. The van der Waals surface area contributed by atoms with Crippen LogP contribution in [0.15, 0.2) is 42.6 Å².